The zero-order valence-electron chi connectivity index (χ0n) is 13.4. The molecule has 0 fully saturated rings. The van der Waals surface area contributed by atoms with Crippen LogP contribution < -0.4 is 5.43 Å². The molecule has 3 aromatic rings. The van der Waals surface area contributed by atoms with Crippen molar-refractivity contribution in [1.82, 2.24) is 0 Å². The number of hydrogen-bond donors (Lipinski definition) is 0. The lowest BCUT2D eigenvalue weighted by Gasteiger charge is -2.09. The second kappa shape index (κ2) is 6.20. The van der Waals surface area contributed by atoms with Crippen LogP contribution in [0.25, 0.3) is 22.3 Å². The second-order valence-corrected chi connectivity index (χ2v) is 5.43. The van der Waals surface area contributed by atoms with Crippen LogP contribution >= 0.6 is 0 Å². The molecule has 0 aliphatic carbocycles. The van der Waals surface area contributed by atoms with Crippen molar-refractivity contribution < 1.29 is 18.9 Å². The number of aryl methyl sites for hydroxylation is 1. The molecule has 2 aromatic carbocycles. The monoisotopic (exact) mass is 339 g/mol. The van der Waals surface area contributed by atoms with E-state index in [1.807, 2.05) is 19.1 Å². The van der Waals surface area contributed by atoms with Crippen molar-refractivity contribution in [2.24, 2.45) is 0 Å². The Bertz CT molecular complexity index is 1050. The molecule has 0 saturated heterocycles. The molecule has 0 radical (unpaired) electrons. The number of ether oxygens (including phenoxy) is 1. The minimum absolute atomic E-state index is 0.0505. The summed E-state index contributed by atoms with van der Waals surface area (Å²) in [6, 6.07) is 10.7. The Morgan fingerprint density at radius 1 is 1.16 bits per heavy atom. The summed E-state index contributed by atoms with van der Waals surface area (Å²) in [6.07, 6.45) is 0. The molecule has 0 spiro atoms. The Balaban J connectivity index is 2.38. The van der Waals surface area contributed by atoms with Crippen LogP contribution in [0.5, 0.6) is 0 Å². The maximum atomic E-state index is 12.8. The first kappa shape index (κ1) is 16.4. The third-order valence-electron chi connectivity index (χ3n) is 3.79. The predicted molar refractivity (Wildman–Crippen MR) is 90.7 cm³/mol. The molecule has 0 N–H and O–H groups in total. The van der Waals surface area contributed by atoms with Crippen LogP contribution in [0, 0.1) is 17.0 Å². The van der Waals surface area contributed by atoms with Crippen LogP contribution in [0.3, 0.4) is 0 Å². The van der Waals surface area contributed by atoms with Crippen LogP contribution in [-0.4, -0.2) is 18.0 Å². The Hall–Kier alpha value is -3.48. The van der Waals surface area contributed by atoms with Crippen LogP contribution in [0.2, 0.25) is 0 Å². The third-order valence-corrected chi connectivity index (χ3v) is 3.79. The van der Waals surface area contributed by atoms with E-state index in [1.54, 1.807) is 12.1 Å². The molecule has 1 aromatic heterocycles. The summed E-state index contributed by atoms with van der Waals surface area (Å²) in [5.74, 6) is -0.795. The minimum atomic E-state index is -0.863. The summed E-state index contributed by atoms with van der Waals surface area (Å²) in [5, 5.41) is 10.9. The first-order valence-corrected chi connectivity index (χ1v) is 7.33. The van der Waals surface area contributed by atoms with Gasteiger partial charge in [-0.15, -0.1) is 0 Å². The largest absolute Gasteiger partial charge is 0.465 e. The number of non-ortho nitro benzene ring substituents is 1. The molecule has 0 aliphatic rings. The molecule has 3 rings (SSSR count). The van der Waals surface area contributed by atoms with Gasteiger partial charge in [-0.1, -0.05) is 29.8 Å². The second-order valence-electron chi connectivity index (χ2n) is 5.43. The zero-order valence-corrected chi connectivity index (χ0v) is 13.4. The van der Waals surface area contributed by atoms with Crippen LogP contribution in [-0.2, 0) is 4.74 Å². The molecular formula is C18H13NO6. The fourth-order valence-corrected chi connectivity index (χ4v) is 2.49. The molecular weight excluding hydrogens is 326 g/mol. The van der Waals surface area contributed by atoms with Gasteiger partial charge < -0.3 is 9.15 Å². The van der Waals surface area contributed by atoms with Crippen molar-refractivity contribution in [3.63, 3.8) is 0 Å². The normalized spacial score (nSPS) is 10.6. The number of rotatable bonds is 3. The number of esters is 1. The van der Waals surface area contributed by atoms with Crippen molar-refractivity contribution in [2.45, 2.75) is 6.92 Å². The highest BCUT2D eigenvalue weighted by Gasteiger charge is 2.24. The molecule has 7 nitrogen and oxygen atoms in total. The Morgan fingerprint density at radius 2 is 1.84 bits per heavy atom. The molecule has 0 bridgehead atoms. The first-order valence-electron chi connectivity index (χ1n) is 7.33. The topological polar surface area (TPSA) is 99.7 Å². The highest BCUT2D eigenvalue weighted by atomic mass is 16.6. The van der Waals surface area contributed by atoms with Gasteiger partial charge in [0.25, 0.3) is 5.69 Å². The van der Waals surface area contributed by atoms with Gasteiger partial charge in [-0.25, -0.2) is 4.79 Å². The van der Waals surface area contributed by atoms with Crippen molar-refractivity contribution >= 4 is 22.6 Å². The van der Waals surface area contributed by atoms with Gasteiger partial charge in [0, 0.05) is 17.7 Å². The molecule has 0 aliphatic heterocycles. The zero-order chi connectivity index (χ0) is 18.1. The number of fused-ring (bicyclic) bond motifs is 1. The van der Waals surface area contributed by atoms with Gasteiger partial charge in [-0.3, -0.25) is 14.9 Å². The summed E-state index contributed by atoms with van der Waals surface area (Å²) >= 11 is 0. The standard InChI is InChI=1S/C18H13NO6/c1-10-3-5-11(6-4-10)17-15(18(21)24-2)16(20)13-9-12(19(22)23)7-8-14(13)25-17/h3-9H,1-2H3. The van der Waals surface area contributed by atoms with E-state index in [4.69, 9.17) is 9.15 Å². The lowest BCUT2D eigenvalue weighted by Crippen LogP contribution is -2.18. The van der Waals surface area contributed by atoms with Gasteiger partial charge in [-0.05, 0) is 13.0 Å². The van der Waals surface area contributed by atoms with Crippen LogP contribution in [0.4, 0.5) is 5.69 Å². The Kier molecular flexibility index (Phi) is 4.06. The summed E-state index contributed by atoms with van der Waals surface area (Å²) in [7, 11) is 1.15. The summed E-state index contributed by atoms with van der Waals surface area (Å²) in [6.45, 7) is 1.90. The van der Waals surface area contributed by atoms with Gasteiger partial charge in [0.05, 0.1) is 17.4 Å². The average Bonchev–Trinajstić information content (AvgIpc) is 2.61. The molecule has 0 atom stereocenters. The molecule has 25 heavy (non-hydrogen) atoms. The van der Waals surface area contributed by atoms with Gasteiger partial charge in [0.1, 0.15) is 5.58 Å². The summed E-state index contributed by atoms with van der Waals surface area (Å²) in [4.78, 5) is 35.2. The summed E-state index contributed by atoms with van der Waals surface area (Å²) in [5.41, 5.74) is 0.453. The van der Waals surface area contributed by atoms with E-state index in [0.29, 0.717) is 5.56 Å². The predicted octanol–water partition coefficient (Wildman–Crippen LogP) is 3.46. The Labute approximate surface area is 141 Å². The van der Waals surface area contributed by atoms with Gasteiger partial charge in [0.15, 0.2) is 11.3 Å². The van der Waals surface area contributed by atoms with Gasteiger partial charge in [-0.2, -0.15) is 0 Å². The number of nitro groups is 1. The molecule has 7 heteroatoms. The van der Waals surface area contributed by atoms with E-state index in [0.717, 1.165) is 18.7 Å². The van der Waals surface area contributed by atoms with Gasteiger partial charge >= 0.3 is 5.97 Å². The number of nitro benzene ring substituents is 1. The highest BCUT2D eigenvalue weighted by Crippen LogP contribution is 2.28. The van der Waals surface area contributed by atoms with Crippen molar-refractivity contribution in [2.75, 3.05) is 7.11 Å². The molecule has 126 valence electrons. The maximum absolute atomic E-state index is 12.8. The number of hydrogen-bond acceptors (Lipinski definition) is 6. The fraction of sp³-hybridized carbons (Fsp3) is 0.111. The van der Waals surface area contributed by atoms with Crippen molar-refractivity contribution in [1.29, 1.82) is 0 Å². The molecule has 0 unspecified atom stereocenters. The number of benzene rings is 2. The highest BCUT2D eigenvalue weighted by molar-refractivity contribution is 5.99. The number of carbonyl (C=O) groups excluding carboxylic acids is 1. The van der Waals surface area contributed by atoms with E-state index < -0.39 is 16.3 Å². The smallest absolute Gasteiger partial charge is 0.345 e. The lowest BCUT2D eigenvalue weighted by atomic mass is 10.0. The van der Waals surface area contributed by atoms with E-state index >= 15 is 0 Å². The van der Waals surface area contributed by atoms with E-state index in [-0.39, 0.29) is 28.0 Å². The van der Waals surface area contributed by atoms with Crippen LogP contribution in [0.1, 0.15) is 15.9 Å². The number of nitrogens with zero attached hydrogens (tertiary/aromatic N) is 1. The number of methoxy groups -OCH3 is 1. The van der Waals surface area contributed by atoms with E-state index in [2.05, 4.69) is 0 Å². The SMILES string of the molecule is COC(=O)c1c(-c2ccc(C)cc2)oc2ccc([N+](=O)[O-])cc2c1=O. The van der Waals surface area contributed by atoms with Gasteiger partial charge in [0.2, 0.25) is 5.43 Å². The molecule has 1 heterocycles. The fourth-order valence-electron chi connectivity index (χ4n) is 2.49. The van der Waals surface area contributed by atoms with Crippen molar-refractivity contribution in [3.05, 3.63) is 73.9 Å². The maximum Gasteiger partial charge on any atom is 0.345 e. The third kappa shape index (κ3) is 2.87. The van der Waals surface area contributed by atoms with E-state index in [9.17, 15) is 19.7 Å². The first-order chi connectivity index (χ1) is 11.9. The Morgan fingerprint density at radius 3 is 2.44 bits per heavy atom. The molecule has 0 saturated carbocycles. The van der Waals surface area contributed by atoms with Crippen LogP contribution in [0.15, 0.2) is 51.7 Å². The summed E-state index contributed by atoms with van der Waals surface area (Å²) < 4.78 is 10.4. The number of carbonyl (C=O) groups is 1. The minimum Gasteiger partial charge on any atom is -0.465 e. The molecule has 0 amide bonds. The lowest BCUT2D eigenvalue weighted by molar-refractivity contribution is -0.384. The quantitative estimate of drug-likeness (QED) is 0.411. The van der Waals surface area contributed by atoms with E-state index in [1.165, 1.54) is 12.1 Å². The van der Waals surface area contributed by atoms with Crippen molar-refractivity contribution in [3.8, 4) is 11.3 Å². The average molecular weight is 339 g/mol.